The van der Waals surface area contributed by atoms with E-state index in [9.17, 15) is 28.5 Å². The molecule has 1 fully saturated rings. The third-order valence-electron chi connectivity index (χ3n) is 8.83. The smallest absolute Gasteiger partial charge is 0.397 e. The summed E-state index contributed by atoms with van der Waals surface area (Å²) >= 11 is 0. The van der Waals surface area contributed by atoms with E-state index < -0.39 is 59.8 Å². The predicted octanol–water partition coefficient (Wildman–Crippen LogP) is 7.96. The van der Waals surface area contributed by atoms with E-state index in [-0.39, 0.29) is 19.6 Å². The van der Waals surface area contributed by atoms with Crippen molar-refractivity contribution in [3.63, 3.8) is 0 Å². The molecule has 0 amide bonds. The van der Waals surface area contributed by atoms with Crippen LogP contribution in [0.15, 0.2) is 72.9 Å². The van der Waals surface area contributed by atoms with Crippen molar-refractivity contribution in [2.24, 2.45) is 0 Å². The molecule has 12 nitrogen and oxygen atoms in total. The molecule has 1 heterocycles. The molecule has 0 spiro atoms. The number of hydrogen-bond acceptors (Lipinski definition) is 11. The van der Waals surface area contributed by atoms with E-state index in [0.717, 1.165) is 64.2 Å². The van der Waals surface area contributed by atoms with Crippen LogP contribution in [0.5, 0.6) is 0 Å². The van der Waals surface area contributed by atoms with Crippen molar-refractivity contribution in [1.29, 1.82) is 0 Å². The summed E-state index contributed by atoms with van der Waals surface area (Å²) in [5, 5.41) is 30.6. The Labute approximate surface area is 337 Å². The molecule has 0 aromatic rings. The molecule has 0 radical (unpaired) electrons. The maximum atomic E-state index is 12.8. The van der Waals surface area contributed by atoms with Crippen molar-refractivity contribution in [2.45, 2.75) is 166 Å². The normalized spacial score (nSPS) is 21.6. The molecule has 0 bridgehead atoms. The fourth-order valence-electron chi connectivity index (χ4n) is 5.71. The summed E-state index contributed by atoms with van der Waals surface area (Å²) in [6.07, 6.45) is 33.9. The molecule has 4 N–H and O–H groups in total. The molecule has 0 aliphatic carbocycles. The topological polar surface area (TPSA) is 178 Å². The first kappa shape index (κ1) is 51.6. The average Bonchev–Trinajstić information content (AvgIpc) is 3.17. The fraction of sp³-hybridized carbons (Fsp3) is 0.698. The molecule has 0 aromatic heterocycles. The van der Waals surface area contributed by atoms with Crippen LogP contribution in [0.1, 0.15) is 129 Å². The van der Waals surface area contributed by atoms with Gasteiger partial charge in [-0.2, -0.15) is 8.42 Å². The zero-order valence-corrected chi connectivity index (χ0v) is 34.7. The molecule has 1 rings (SSSR count). The van der Waals surface area contributed by atoms with Crippen LogP contribution in [-0.4, -0.2) is 97.5 Å². The standard InChI is InChI=1S/C43H72O12S/c1-3-5-7-9-11-13-15-17-18-19-21-23-25-27-29-31-33-51-35-37(36-52-43-41(47)42(55-56(48,49)50)40(46)38(34-44)54-43)53-39(45)32-30-28-26-24-22-20-16-14-12-10-8-6-4-2/h6,8,11-14,17-18,20,22,26,28,37-38,40-44,46-47H,3-5,7,9-10,15-16,19,21,23-25,27,29-36H2,1-2H3,(H,48,49,50)/b8-6-,13-11-,14-12-,18-17-,22-20-,28-26-. The minimum Gasteiger partial charge on any atom is -0.457 e. The summed E-state index contributed by atoms with van der Waals surface area (Å²) < 4.78 is 58.8. The molecule has 322 valence electrons. The van der Waals surface area contributed by atoms with Gasteiger partial charge in [0.2, 0.25) is 0 Å². The molecule has 1 saturated heterocycles. The maximum Gasteiger partial charge on any atom is 0.397 e. The average molecular weight is 813 g/mol. The lowest BCUT2D eigenvalue weighted by Crippen LogP contribution is -2.60. The van der Waals surface area contributed by atoms with Crippen LogP contribution >= 0.6 is 0 Å². The summed E-state index contributed by atoms with van der Waals surface area (Å²) in [5.74, 6) is -0.486. The minimum atomic E-state index is -5.07. The number of esters is 1. The van der Waals surface area contributed by atoms with Gasteiger partial charge in [-0.1, -0.05) is 125 Å². The van der Waals surface area contributed by atoms with E-state index in [1.54, 1.807) is 0 Å². The third-order valence-corrected chi connectivity index (χ3v) is 9.29. The van der Waals surface area contributed by atoms with Gasteiger partial charge in [-0.05, 0) is 70.6 Å². The number of carbonyl (C=O) groups excluding carboxylic acids is 1. The van der Waals surface area contributed by atoms with Gasteiger partial charge < -0.3 is 34.3 Å². The Hall–Kier alpha value is -2.46. The summed E-state index contributed by atoms with van der Waals surface area (Å²) in [5.41, 5.74) is 0. The van der Waals surface area contributed by atoms with E-state index in [1.165, 1.54) is 38.5 Å². The Morgan fingerprint density at radius 2 is 1.23 bits per heavy atom. The number of ether oxygens (including phenoxy) is 4. The molecule has 0 aromatic carbocycles. The largest absolute Gasteiger partial charge is 0.457 e. The van der Waals surface area contributed by atoms with Gasteiger partial charge in [0.1, 0.15) is 30.5 Å². The van der Waals surface area contributed by atoms with Crippen molar-refractivity contribution in [3.05, 3.63) is 72.9 Å². The van der Waals surface area contributed by atoms with Crippen LogP contribution in [0.4, 0.5) is 0 Å². The van der Waals surface area contributed by atoms with Gasteiger partial charge in [0, 0.05) is 13.0 Å². The Balaban J connectivity index is 2.53. The molecule has 0 saturated carbocycles. The number of carbonyl (C=O) groups is 1. The molecule has 13 heteroatoms. The van der Waals surface area contributed by atoms with Crippen LogP contribution in [0.3, 0.4) is 0 Å². The number of rotatable bonds is 34. The lowest BCUT2D eigenvalue weighted by atomic mass is 9.99. The summed E-state index contributed by atoms with van der Waals surface area (Å²) in [4.78, 5) is 12.8. The van der Waals surface area contributed by atoms with E-state index in [0.29, 0.717) is 13.0 Å². The number of aliphatic hydroxyl groups is 3. The zero-order valence-electron chi connectivity index (χ0n) is 33.9. The summed E-state index contributed by atoms with van der Waals surface area (Å²) in [6, 6.07) is 0. The van der Waals surface area contributed by atoms with E-state index in [4.69, 9.17) is 23.5 Å². The molecule has 56 heavy (non-hydrogen) atoms. The molecule has 6 atom stereocenters. The number of unbranched alkanes of at least 4 members (excludes halogenated alkanes) is 9. The monoisotopic (exact) mass is 812 g/mol. The van der Waals surface area contributed by atoms with Gasteiger partial charge in [-0.25, -0.2) is 4.18 Å². The molecule has 6 unspecified atom stereocenters. The van der Waals surface area contributed by atoms with Crippen LogP contribution in [0.2, 0.25) is 0 Å². The highest BCUT2D eigenvalue weighted by molar-refractivity contribution is 7.80. The first-order chi connectivity index (χ1) is 27.1. The Morgan fingerprint density at radius 1 is 0.696 bits per heavy atom. The minimum absolute atomic E-state index is 0.00418. The SMILES string of the molecule is CC/C=C\C/C=C\C/C=C\C/C=C\CCC(=O)OC(COCCCCCCCC/C=C\C/C=C\CCCCC)COC1OC(CO)C(O)C(OS(=O)(=O)O)C1O. The highest BCUT2D eigenvalue weighted by Gasteiger charge is 2.48. The van der Waals surface area contributed by atoms with E-state index in [1.807, 2.05) is 12.2 Å². The molecule has 1 aliphatic rings. The van der Waals surface area contributed by atoms with Gasteiger partial charge in [-0.15, -0.1) is 0 Å². The van der Waals surface area contributed by atoms with Gasteiger partial charge in [0.25, 0.3) is 0 Å². The second kappa shape index (κ2) is 34.6. The van der Waals surface area contributed by atoms with Gasteiger partial charge >= 0.3 is 16.4 Å². The fourth-order valence-corrected chi connectivity index (χ4v) is 6.22. The van der Waals surface area contributed by atoms with Crippen molar-refractivity contribution in [1.82, 2.24) is 0 Å². The zero-order chi connectivity index (χ0) is 41.1. The molecule has 1 aliphatic heterocycles. The van der Waals surface area contributed by atoms with Gasteiger partial charge in [-0.3, -0.25) is 9.35 Å². The Kier molecular flexibility index (Phi) is 31.8. The van der Waals surface area contributed by atoms with Crippen molar-refractivity contribution in [2.75, 3.05) is 26.4 Å². The van der Waals surface area contributed by atoms with Crippen molar-refractivity contribution < 1.29 is 56.2 Å². The number of allylic oxidation sites excluding steroid dienone is 12. The van der Waals surface area contributed by atoms with E-state index in [2.05, 4.69) is 78.8 Å². The summed E-state index contributed by atoms with van der Waals surface area (Å²) in [7, 11) is -5.07. The maximum absolute atomic E-state index is 12.8. The number of aliphatic hydroxyl groups excluding tert-OH is 3. The first-order valence-electron chi connectivity index (χ1n) is 20.7. The first-order valence-corrected chi connectivity index (χ1v) is 22.1. The molecular formula is C43H72O12S. The lowest BCUT2D eigenvalue weighted by Gasteiger charge is -2.41. The quantitative estimate of drug-likeness (QED) is 0.0214. The van der Waals surface area contributed by atoms with Crippen molar-refractivity contribution in [3.8, 4) is 0 Å². The van der Waals surface area contributed by atoms with E-state index >= 15 is 0 Å². The lowest BCUT2D eigenvalue weighted by molar-refractivity contribution is -0.301. The third kappa shape index (κ3) is 28.0. The van der Waals surface area contributed by atoms with Crippen LogP contribution in [0.25, 0.3) is 0 Å². The molecular weight excluding hydrogens is 741 g/mol. The second-order valence-electron chi connectivity index (χ2n) is 13.8. The summed E-state index contributed by atoms with van der Waals surface area (Å²) in [6.45, 7) is 3.70. The predicted molar refractivity (Wildman–Crippen MR) is 220 cm³/mol. The van der Waals surface area contributed by atoms with Crippen LogP contribution in [-0.2, 0) is 38.3 Å². The van der Waals surface area contributed by atoms with Crippen molar-refractivity contribution >= 4 is 16.4 Å². The number of hydrogen-bond donors (Lipinski definition) is 4. The van der Waals surface area contributed by atoms with Crippen LogP contribution in [0, 0.1) is 0 Å². The Morgan fingerprint density at radius 3 is 1.80 bits per heavy atom. The Bertz CT molecular complexity index is 1260. The highest BCUT2D eigenvalue weighted by atomic mass is 32.3. The second-order valence-corrected chi connectivity index (χ2v) is 14.9. The van der Waals surface area contributed by atoms with Gasteiger partial charge in [0.15, 0.2) is 6.29 Å². The van der Waals surface area contributed by atoms with Gasteiger partial charge in [0.05, 0.1) is 19.8 Å². The van der Waals surface area contributed by atoms with Crippen LogP contribution < -0.4 is 0 Å². The highest BCUT2D eigenvalue weighted by Crippen LogP contribution is 2.26.